The second-order valence-corrected chi connectivity index (χ2v) is 5.82. The number of hydrogen-bond acceptors (Lipinski definition) is 5. The Kier molecular flexibility index (Phi) is 8.27. The predicted molar refractivity (Wildman–Crippen MR) is 105 cm³/mol. The van der Waals surface area contributed by atoms with Gasteiger partial charge in [-0.3, -0.25) is 4.79 Å². The standard InChI is InChI=1S/C21H23F2NO5/c1-26-17-6-4-5-15(20(17)28-3)8-10-19(25)24-12-11-14-7-9-16(29-21(22)23)18(13-14)27-2/h4-10,13,21H,11-12H2,1-3H3,(H,24,25)/b10-8+. The second-order valence-electron chi connectivity index (χ2n) is 5.82. The van der Waals surface area contributed by atoms with Gasteiger partial charge >= 0.3 is 6.61 Å². The highest BCUT2D eigenvalue weighted by atomic mass is 19.3. The van der Waals surface area contributed by atoms with E-state index in [9.17, 15) is 13.6 Å². The van der Waals surface area contributed by atoms with E-state index in [1.807, 2.05) is 0 Å². The Labute approximate surface area is 168 Å². The number of para-hydroxylation sites is 1. The minimum Gasteiger partial charge on any atom is -0.493 e. The van der Waals surface area contributed by atoms with Gasteiger partial charge in [0, 0.05) is 18.2 Å². The summed E-state index contributed by atoms with van der Waals surface area (Å²) < 4.78 is 44.7. The number of halogens is 2. The summed E-state index contributed by atoms with van der Waals surface area (Å²) in [5.41, 5.74) is 1.52. The highest BCUT2D eigenvalue weighted by Crippen LogP contribution is 2.31. The highest BCUT2D eigenvalue weighted by molar-refractivity contribution is 5.92. The number of alkyl halides is 2. The van der Waals surface area contributed by atoms with Crippen LogP contribution in [0.1, 0.15) is 11.1 Å². The van der Waals surface area contributed by atoms with E-state index in [2.05, 4.69) is 10.1 Å². The van der Waals surface area contributed by atoms with Gasteiger partial charge in [0.25, 0.3) is 0 Å². The molecule has 0 saturated carbocycles. The summed E-state index contributed by atoms with van der Waals surface area (Å²) >= 11 is 0. The fraction of sp³-hybridized carbons (Fsp3) is 0.286. The Hall–Kier alpha value is -3.29. The summed E-state index contributed by atoms with van der Waals surface area (Å²) in [6, 6.07) is 10.0. The van der Waals surface area contributed by atoms with Gasteiger partial charge in [0.05, 0.1) is 21.3 Å². The van der Waals surface area contributed by atoms with Gasteiger partial charge in [-0.1, -0.05) is 18.2 Å². The number of nitrogens with one attached hydrogen (secondary N) is 1. The van der Waals surface area contributed by atoms with Crippen LogP contribution in [-0.4, -0.2) is 40.4 Å². The third-order valence-electron chi connectivity index (χ3n) is 4.00. The van der Waals surface area contributed by atoms with Gasteiger partial charge in [0.15, 0.2) is 23.0 Å². The molecule has 0 fully saturated rings. The molecule has 8 heteroatoms. The van der Waals surface area contributed by atoms with E-state index in [0.717, 1.165) is 5.56 Å². The molecule has 0 atom stereocenters. The molecule has 0 aliphatic rings. The molecule has 0 spiro atoms. The van der Waals surface area contributed by atoms with Crippen molar-refractivity contribution in [1.29, 1.82) is 0 Å². The minimum atomic E-state index is -2.93. The van der Waals surface area contributed by atoms with Crippen molar-refractivity contribution < 1.29 is 32.5 Å². The van der Waals surface area contributed by atoms with Gasteiger partial charge in [-0.05, 0) is 36.3 Å². The molecule has 0 heterocycles. The van der Waals surface area contributed by atoms with Crippen LogP contribution in [0.5, 0.6) is 23.0 Å². The van der Waals surface area contributed by atoms with Crippen LogP contribution in [0.2, 0.25) is 0 Å². The predicted octanol–water partition coefficient (Wildman–Crippen LogP) is 3.69. The van der Waals surface area contributed by atoms with Gasteiger partial charge < -0.3 is 24.3 Å². The van der Waals surface area contributed by atoms with Gasteiger partial charge in [-0.2, -0.15) is 8.78 Å². The van der Waals surface area contributed by atoms with Crippen molar-refractivity contribution in [1.82, 2.24) is 5.32 Å². The third-order valence-corrected chi connectivity index (χ3v) is 4.00. The van der Waals surface area contributed by atoms with E-state index >= 15 is 0 Å². The van der Waals surface area contributed by atoms with E-state index in [-0.39, 0.29) is 17.4 Å². The fourth-order valence-corrected chi connectivity index (χ4v) is 2.66. The van der Waals surface area contributed by atoms with E-state index in [1.165, 1.54) is 26.4 Å². The average molecular weight is 407 g/mol. The molecule has 29 heavy (non-hydrogen) atoms. The first-order valence-electron chi connectivity index (χ1n) is 8.77. The number of ether oxygens (including phenoxy) is 4. The molecule has 0 unspecified atom stereocenters. The topological polar surface area (TPSA) is 66.0 Å². The maximum atomic E-state index is 12.4. The summed E-state index contributed by atoms with van der Waals surface area (Å²) in [6.07, 6.45) is 3.53. The lowest BCUT2D eigenvalue weighted by Gasteiger charge is -2.11. The lowest BCUT2D eigenvalue weighted by Crippen LogP contribution is -2.23. The molecule has 2 aromatic carbocycles. The average Bonchev–Trinajstić information content (AvgIpc) is 2.72. The number of amides is 1. The molecular weight excluding hydrogens is 384 g/mol. The third kappa shape index (κ3) is 6.38. The molecule has 0 saturated heterocycles. The molecule has 0 bridgehead atoms. The zero-order valence-electron chi connectivity index (χ0n) is 16.4. The number of methoxy groups -OCH3 is 3. The first-order valence-corrected chi connectivity index (χ1v) is 8.77. The highest BCUT2D eigenvalue weighted by Gasteiger charge is 2.11. The Balaban J connectivity index is 1.93. The molecular formula is C21H23F2NO5. The van der Waals surface area contributed by atoms with Crippen molar-refractivity contribution in [2.75, 3.05) is 27.9 Å². The second kappa shape index (κ2) is 10.9. The molecule has 6 nitrogen and oxygen atoms in total. The Morgan fingerprint density at radius 2 is 1.79 bits per heavy atom. The maximum Gasteiger partial charge on any atom is 0.387 e. The summed E-state index contributed by atoms with van der Waals surface area (Å²) in [5.74, 6) is 1.00. The van der Waals surface area contributed by atoms with Gasteiger partial charge in [-0.15, -0.1) is 0 Å². The first-order chi connectivity index (χ1) is 14.0. The summed E-state index contributed by atoms with van der Waals surface area (Å²) in [6.45, 7) is -2.57. The molecule has 0 radical (unpaired) electrons. The quantitative estimate of drug-likeness (QED) is 0.609. The van der Waals surface area contributed by atoms with E-state index < -0.39 is 6.61 Å². The largest absolute Gasteiger partial charge is 0.493 e. The molecule has 0 aromatic heterocycles. The molecule has 2 rings (SSSR count). The van der Waals surface area contributed by atoms with Crippen molar-refractivity contribution in [3.8, 4) is 23.0 Å². The summed E-state index contributed by atoms with van der Waals surface area (Å²) in [4.78, 5) is 12.1. The zero-order valence-corrected chi connectivity index (χ0v) is 16.4. The van der Waals surface area contributed by atoms with Gasteiger partial charge in [-0.25, -0.2) is 0 Å². The van der Waals surface area contributed by atoms with Crippen LogP contribution in [-0.2, 0) is 11.2 Å². The van der Waals surface area contributed by atoms with Crippen molar-refractivity contribution >= 4 is 12.0 Å². The van der Waals surface area contributed by atoms with Gasteiger partial charge in [0.1, 0.15) is 0 Å². The first kappa shape index (κ1) is 22.0. The van der Waals surface area contributed by atoms with Crippen LogP contribution in [0.3, 0.4) is 0 Å². The summed E-state index contributed by atoms with van der Waals surface area (Å²) in [7, 11) is 4.44. The van der Waals surface area contributed by atoms with E-state index in [0.29, 0.717) is 30.0 Å². The van der Waals surface area contributed by atoms with E-state index in [4.69, 9.17) is 14.2 Å². The van der Waals surface area contributed by atoms with E-state index in [1.54, 1.807) is 43.5 Å². The smallest absolute Gasteiger partial charge is 0.387 e. The number of carbonyl (C=O) groups is 1. The minimum absolute atomic E-state index is 0.0366. The van der Waals surface area contributed by atoms with Crippen LogP contribution < -0.4 is 24.3 Å². The molecule has 0 aliphatic heterocycles. The van der Waals surface area contributed by atoms with Crippen molar-refractivity contribution in [3.63, 3.8) is 0 Å². The number of carbonyl (C=O) groups excluding carboxylic acids is 1. The van der Waals surface area contributed by atoms with Gasteiger partial charge in [0.2, 0.25) is 5.91 Å². The molecule has 1 N–H and O–H groups in total. The van der Waals surface area contributed by atoms with Crippen LogP contribution in [0, 0.1) is 0 Å². The Morgan fingerprint density at radius 3 is 2.45 bits per heavy atom. The van der Waals surface area contributed by atoms with Crippen LogP contribution >= 0.6 is 0 Å². The SMILES string of the molecule is COc1cc(CCNC(=O)/C=C/c2cccc(OC)c2OC)ccc1OC(F)F. The van der Waals surface area contributed by atoms with Crippen LogP contribution in [0.15, 0.2) is 42.5 Å². The van der Waals surface area contributed by atoms with Crippen molar-refractivity contribution in [2.24, 2.45) is 0 Å². The van der Waals surface area contributed by atoms with Crippen LogP contribution in [0.25, 0.3) is 6.08 Å². The number of rotatable bonds is 10. The number of hydrogen-bond donors (Lipinski definition) is 1. The monoisotopic (exact) mass is 407 g/mol. The molecule has 1 amide bonds. The Bertz CT molecular complexity index is 855. The number of benzene rings is 2. The zero-order chi connectivity index (χ0) is 21.2. The molecule has 0 aliphatic carbocycles. The van der Waals surface area contributed by atoms with Crippen molar-refractivity contribution in [2.45, 2.75) is 13.0 Å². The Morgan fingerprint density at radius 1 is 1.03 bits per heavy atom. The maximum absolute atomic E-state index is 12.4. The lowest BCUT2D eigenvalue weighted by atomic mass is 10.1. The fourth-order valence-electron chi connectivity index (χ4n) is 2.66. The lowest BCUT2D eigenvalue weighted by molar-refractivity contribution is -0.116. The molecule has 156 valence electrons. The normalized spacial score (nSPS) is 10.8. The van der Waals surface area contributed by atoms with Crippen molar-refractivity contribution in [3.05, 3.63) is 53.6 Å². The molecule has 2 aromatic rings. The van der Waals surface area contributed by atoms with Crippen LogP contribution in [0.4, 0.5) is 8.78 Å². The summed E-state index contributed by atoms with van der Waals surface area (Å²) in [5, 5.41) is 2.76.